The van der Waals surface area contributed by atoms with Gasteiger partial charge in [-0.1, -0.05) is 133 Å². The molecule has 9 aromatic carbocycles. The summed E-state index contributed by atoms with van der Waals surface area (Å²) in [5.41, 5.74) is 11.5. The van der Waals surface area contributed by atoms with Crippen LogP contribution in [0.4, 0.5) is 17.1 Å². The first-order valence-electron chi connectivity index (χ1n) is 18.6. The summed E-state index contributed by atoms with van der Waals surface area (Å²) in [7, 11) is 0. The van der Waals surface area contributed by atoms with Crippen molar-refractivity contribution >= 4 is 71.5 Å². The Kier molecular flexibility index (Phi) is 7.14. The standard InChI is InChI=1S/C51H33N3O/c1-3-15-36(16-4-1)51-52-44-24-12-22-40(50(44)55-51)35-28-30-38(31-29-35)53(45-26-11-17-34-14-7-8-20-39(34)45)46-27-13-23-42-41(46)32-33-48-49(42)43-21-9-10-25-47(43)54(48)37-18-5-2-6-19-37/h1-33H. The first-order chi connectivity index (χ1) is 27.3. The molecular weight excluding hydrogens is 671 g/mol. The lowest BCUT2D eigenvalue weighted by Crippen LogP contribution is -2.11. The van der Waals surface area contributed by atoms with E-state index in [4.69, 9.17) is 9.40 Å². The summed E-state index contributed by atoms with van der Waals surface area (Å²) in [5.74, 6) is 0.624. The van der Waals surface area contributed by atoms with E-state index in [-0.39, 0.29) is 0 Å². The molecule has 0 aliphatic rings. The molecule has 2 heterocycles. The van der Waals surface area contributed by atoms with E-state index in [0.717, 1.165) is 50.5 Å². The number of benzene rings is 9. The summed E-state index contributed by atoms with van der Waals surface area (Å²) in [5, 5.41) is 7.27. The van der Waals surface area contributed by atoms with Crippen LogP contribution in [0, 0.1) is 0 Å². The van der Waals surface area contributed by atoms with Gasteiger partial charge in [-0.3, -0.25) is 0 Å². The van der Waals surface area contributed by atoms with Gasteiger partial charge in [0.1, 0.15) is 5.52 Å². The van der Waals surface area contributed by atoms with Crippen LogP contribution in [0.3, 0.4) is 0 Å². The fourth-order valence-electron chi connectivity index (χ4n) is 8.34. The van der Waals surface area contributed by atoms with Crippen LogP contribution in [0.1, 0.15) is 0 Å². The first kappa shape index (κ1) is 31.1. The molecule has 0 spiro atoms. The van der Waals surface area contributed by atoms with Gasteiger partial charge in [0.2, 0.25) is 5.89 Å². The van der Waals surface area contributed by atoms with Crippen molar-refractivity contribution in [3.8, 4) is 28.3 Å². The molecule has 11 aromatic rings. The molecule has 0 amide bonds. The van der Waals surface area contributed by atoms with Crippen molar-refractivity contribution in [2.75, 3.05) is 4.90 Å². The van der Waals surface area contributed by atoms with Crippen molar-refractivity contribution in [3.05, 3.63) is 200 Å². The Hall–Kier alpha value is -7.43. The number of para-hydroxylation sites is 3. The zero-order chi connectivity index (χ0) is 36.3. The lowest BCUT2D eigenvalue weighted by Gasteiger charge is -2.28. The van der Waals surface area contributed by atoms with Crippen LogP contribution in [0.15, 0.2) is 205 Å². The largest absolute Gasteiger partial charge is 0.435 e. The second-order valence-electron chi connectivity index (χ2n) is 13.9. The molecule has 0 radical (unpaired) electrons. The Labute approximate surface area is 317 Å². The van der Waals surface area contributed by atoms with Crippen molar-refractivity contribution < 1.29 is 4.42 Å². The molecule has 4 heteroatoms. The van der Waals surface area contributed by atoms with Gasteiger partial charge in [0.05, 0.1) is 22.4 Å². The molecule has 2 aromatic heterocycles. The fourth-order valence-corrected chi connectivity index (χ4v) is 8.34. The minimum atomic E-state index is 0.624. The van der Waals surface area contributed by atoms with E-state index in [9.17, 15) is 0 Å². The molecule has 0 atom stereocenters. The van der Waals surface area contributed by atoms with Gasteiger partial charge < -0.3 is 13.9 Å². The van der Waals surface area contributed by atoms with Crippen molar-refractivity contribution in [1.82, 2.24) is 9.55 Å². The second-order valence-corrected chi connectivity index (χ2v) is 13.9. The zero-order valence-electron chi connectivity index (χ0n) is 29.8. The van der Waals surface area contributed by atoms with Gasteiger partial charge in [-0.05, 0) is 83.1 Å². The summed E-state index contributed by atoms with van der Waals surface area (Å²) in [6, 6.07) is 71.0. The first-order valence-corrected chi connectivity index (χ1v) is 18.6. The second kappa shape index (κ2) is 12.6. The van der Waals surface area contributed by atoms with E-state index in [1.165, 1.54) is 43.4 Å². The molecule has 0 fully saturated rings. The van der Waals surface area contributed by atoms with Crippen LogP contribution in [-0.4, -0.2) is 9.55 Å². The summed E-state index contributed by atoms with van der Waals surface area (Å²) < 4.78 is 8.81. The number of oxazole rings is 1. The van der Waals surface area contributed by atoms with Crippen molar-refractivity contribution in [2.45, 2.75) is 0 Å². The van der Waals surface area contributed by atoms with Gasteiger partial charge in [-0.25, -0.2) is 4.98 Å². The van der Waals surface area contributed by atoms with Gasteiger partial charge in [0.25, 0.3) is 0 Å². The summed E-state index contributed by atoms with van der Waals surface area (Å²) in [6.45, 7) is 0. The third kappa shape index (κ3) is 5.03. The number of rotatable bonds is 6. The molecule has 0 saturated carbocycles. The van der Waals surface area contributed by atoms with Gasteiger partial charge in [0, 0.05) is 44.0 Å². The highest BCUT2D eigenvalue weighted by Crippen LogP contribution is 2.45. The van der Waals surface area contributed by atoms with Gasteiger partial charge >= 0.3 is 0 Å². The Balaban J connectivity index is 1.11. The topological polar surface area (TPSA) is 34.2 Å². The Morgan fingerprint density at radius 1 is 0.436 bits per heavy atom. The SMILES string of the molecule is c1ccc(-c2nc3cccc(-c4ccc(N(c5cccc6ccccc56)c5cccc6c5ccc5c6c6ccccc6n5-c5ccccc5)cc4)c3o2)cc1. The normalized spacial score (nSPS) is 11.6. The molecule has 55 heavy (non-hydrogen) atoms. The minimum absolute atomic E-state index is 0.624. The minimum Gasteiger partial charge on any atom is -0.435 e. The monoisotopic (exact) mass is 703 g/mol. The Morgan fingerprint density at radius 3 is 1.93 bits per heavy atom. The number of hydrogen-bond acceptors (Lipinski definition) is 3. The van der Waals surface area contributed by atoms with Gasteiger partial charge in [-0.15, -0.1) is 0 Å². The summed E-state index contributed by atoms with van der Waals surface area (Å²) >= 11 is 0. The van der Waals surface area contributed by atoms with Crippen LogP contribution in [-0.2, 0) is 0 Å². The zero-order valence-corrected chi connectivity index (χ0v) is 29.8. The smallest absolute Gasteiger partial charge is 0.227 e. The van der Waals surface area contributed by atoms with Crippen molar-refractivity contribution in [1.29, 1.82) is 0 Å². The molecular formula is C51H33N3O. The Morgan fingerprint density at radius 2 is 1.09 bits per heavy atom. The molecule has 0 saturated heterocycles. The van der Waals surface area contributed by atoms with Crippen molar-refractivity contribution in [3.63, 3.8) is 0 Å². The lowest BCUT2D eigenvalue weighted by atomic mass is 9.99. The maximum absolute atomic E-state index is 6.42. The number of anilines is 3. The van der Waals surface area contributed by atoms with Gasteiger partial charge in [-0.2, -0.15) is 0 Å². The molecule has 11 rings (SSSR count). The Bertz CT molecular complexity index is 3190. The van der Waals surface area contributed by atoms with Gasteiger partial charge in [0.15, 0.2) is 5.58 Å². The maximum atomic E-state index is 6.42. The van der Waals surface area contributed by atoms with E-state index in [0.29, 0.717) is 5.89 Å². The average Bonchev–Trinajstić information content (AvgIpc) is 3.85. The number of aromatic nitrogens is 2. The van der Waals surface area contributed by atoms with E-state index in [2.05, 4.69) is 173 Å². The van der Waals surface area contributed by atoms with E-state index >= 15 is 0 Å². The predicted molar refractivity (Wildman–Crippen MR) is 229 cm³/mol. The van der Waals surface area contributed by atoms with Crippen LogP contribution in [0.2, 0.25) is 0 Å². The quantitative estimate of drug-likeness (QED) is 0.173. The summed E-state index contributed by atoms with van der Waals surface area (Å²) in [4.78, 5) is 7.25. The van der Waals surface area contributed by atoms with Crippen LogP contribution in [0.25, 0.3) is 82.7 Å². The number of nitrogens with zero attached hydrogens (tertiary/aromatic N) is 3. The number of hydrogen-bond donors (Lipinski definition) is 0. The molecule has 0 unspecified atom stereocenters. The summed E-state index contributed by atoms with van der Waals surface area (Å²) in [6.07, 6.45) is 0. The highest BCUT2D eigenvalue weighted by atomic mass is 16.3. The molecule has 0 aliphatic heterocycles. The highest BCUT2D eigenvalue weighted by Gasteiger charge is 2.21. The van der Waals surface area contributed by atoms with E-state index in [1.54, 1.807) is 0 Å². The highest BCUT2D eigenvalue weighted by molar-refractivity contribution is 6.23. The fraction of sp³-hybridized carbons (Fsp3) is 0. The third-order valence-corrected chi connectivity index (χ3v) is 10.8. The van der Waals surface area contributed by atoms with Crippen LogP contribution >= 0.6 is 0 Å². The molecule has 4 nitrogen and oxygen atoms in total. The maximum Gasteiger partial charge on any atom is 0.227 e. The molecule has 0 bridgehead atoms. The predicted octanol–water partition coefficient (Wildman–Crippen LogP) is 14.0. The van der Waals surface area contributed by atoms with Crippen LogP contribution in [0.5, 0.6) is 0 Å². The molecule has 0 aliphatic carbocycles. The lowest BCUT2D eigenvalue weighted by molar-refractivity contribution is 0.621. The number of fused-ring (bicyclic) bond motifs is 7. The molecule has 258 valence electrons. The van der Waals surface area contributed by atoms with Crippen LogP contribution < -0.4 is 4.90 Å². The van der Waals surface area contributed by atoms with E-state index in [1.807, 2.05) is 36.4 Å². The van der Waals surface area contributed by atoms with E-state index < -0.39 is 0 Å². The molecule has 0 N–H and O–H groups in total. The van der Waals surface area contributed by atoms with Crippen molar-refractivity contribution in [2.24, 2.45) is 0 Å². The third-order valence-electron chi connectivity index (χ3n) is 10.8. The average molecular weight is 704 g/mol.